The van der Waals surface area contributed by atoms with Gasteiger partial charge in [0.2, 0.25) is 5.95 Å². The third kappa shape index (κ3) is 3.79. The van der Waals surface area contributed by atoms with Crippen molar-refractivity contribution in [2.75, 3.05) is 0 Å². The van der Waals surface area contributed by atoms with Crippen LogP contribution in [0.2, 0.25) is 0 Å². The molecule has 0 spiro atoms. The van der Waals surface area contributed by atoms with E-state index < -0.39 is 0 Å². The van der Waals surface area contributed by atoms with Crippen LogP contribution in [0, 0.1) is 0 Å². The monoisotopic (exact) mass is 631 g/mol. The Balaban J connectivity index is 1.52. The number of aromatic nitrogens is 3. The lowest BCUT2D eigenvalue weighted by Gasteiger charge is -2.13. The standard InChI is InChI=1S/C38H22BrN3S/c39-30-21-29-27-20-19-23-11-7-8-16-26(23)35(27)42(36(29)34-28-17-9-10-18-33(28)43-37(30)34)38-40-31(24-12-3-1-4-13-24)22-32(41-38)25-14-5-2-6-15-25/h1-22H. The number of rotatable bonds is 3. The molecule has 0 saturated heterocycles. The Labute approximate surface area is 259 Å². The molecule has 0 saturated carbocycles. The second kappa shape index (κ2) is 9.60. The van der Waals surface area contributed by atoms with Gasteiger partial charge in [0.1, 0.15) is 0 Å². The third-order valence-corrected chi connectivity index (χ3v) is 10.4. The second-order valence-electron chi connectivity index (χ2n) is 10.7. The van der Waals surface area contributed by atoms with Crippen LogP contribution in [0.1, 0.15) is 0 Å². The Bertz CT molecular complexity index is 2460. The van der Waals surface area contributed by atoms with Crippen LogP contribution in [0.4, 0.5) is 0 Å². The molecule has 0 bridgehead atoms. The highest BCUT2D eigenvalue weighted by molar-refractivity contribution is 9.10. The van der Waals surface area contributed by atoms with Gasteiger partial charge in [0, 0.05) is 47.2 Å². The van der Waals surface area contributed by atoms with E-state index in [4.69, 9.17) is 9.97 Å². The van der Waals surface area contributed by atoms with E-state index in [0.717, 1.165) is 38.0 Å². The van der Waals surface area contributed by atoms with Crippen LogP contribution in [-0.2, 0) is 0 Å². The first-order valence-corrected chi connectivity index (χ1v) is 15.8. The zero-order valence-corrected chi connectivity index (χ0v) is 25.2. The average molecular weight is 633 g/mol. The van der Waals surface area contributed by atoms with E-state index in [0.29, 0.717) is 5.95 Å². The largest absolute Gasteiger partial charge is 0.277 e. The molecule has 0 radical (unpaired) electrons. The van der Waals surface area contributed by atoms with E-state index in [2.05, 4.69) is 142 Å². The zero-order valence-electron chi connectivity index (χ0n) is 22.8. The zero-order chi connectivity index (χ0) is 28.5. The summed E-state index contributed by atoms with van der Waals surface area (Å²) in [6.07, 6.45) is 0. The minimum absolute atomic E-state index is 0.662. The van der Waals surface area contributed by atoms with Crippen LogP contribution in [0.3, 0.4) is 0 Å². The van der Waals surface area contributed by atoms with Gasteiger partial charge in [-0.25, -0.2) is 9.97 Å². The summed E-state index contributed by atoms with van der Waals surface area (Å²) in [6, 6.07) is 46.9. The van der Waals surface area contributed by atoms with Gasteiger partial charge < -0.3 is 0 Å². The summed E-state index contributed by atoms with van der Waals surface area (Å²) in [6.45, 7) is 0. The molecule has 0 aliphatic rings. The van der Waals surface area contributed by atoms with Gasteiger partial charge >= 0.3 is 0 Å². The van der Waals surface area contributed by atoms with Crippen LogP contribution < -0.4 is 0 Å². The summed E-state index contributed by atoms with van der Waals surface area (Å²) in [5, 5.41) is 7.19. The molecule has 3 nitrogen and oxygen atoms in total. The summed E-state index contributed by atoms with van der Waals surface area (Å²) >= 11 is 5.77. The number of nitrogens with zero attached hydrogens (tertiary/aromatic N) is 3. The van der Waals surface area contributed by atoms with Gasteiger partial charge in [0.05, 0.1) is 27.1 Å². The second-order valence-corrected chi connectivity index (χ2v) is 12.7. The maximum absolute atomic E-state index is 5.32. The lowest BCUT2D eigenvalue weighted by Crippen LogP contribution is -2.04. The third-order valence-electron chi connectivity index (χ3n) is 8.27. The van der Waals surface area contributed by atoms with E-state index in [9.17, 15) is 0 Å². The highest BCUT2D eigenvalue weighted by Gasteiger charge is 2.23. The van der Waals surface area contributed by atoms with Crippen LogP contribution >= 0.6 is 27.3 Å². The molecular formula is C38H22BrN3S. The van der Waals surface area contributed by atoms with Gasteiger partial charge in [-0.15, -0.1) is 11.3 Å². The molecule has 0 aliphatic carbocycles. The number of fused-ring (bicyclic) bond motifs is 9. The van der Waals surface area contributed by atoms with E-state index in [1.807, 2.05) is 23.5 Å². The first-order valence-electron chi connectivity index (χ1n) is 14.2. The van der Waals surface area contributed by atoms with Gasteiger partial charge in [-0.05, 0) is 39.5 Å². The summed E-state index contributed by atoms with van der Waals surface area (Å²) in [5.74, 6) is 0.662. The van der Waals surface area contributed by atoms with Gasteiger partial charge in [-0.1, -0.05) is 115 Å². The molecule has 5 heteroatoms. The van der Waals surface area contributed by atoms with Crippen LogP contribution in [0.5, 0.6) is 0 Å². The van der Waals surface area contributed by atoms with Gasteiger partial charge in [-0.3, -0.25) is 4.57 Å². The van der Waals surface area contributed by atoms with Crippen molar-refractivity contribution in [2.45, 2.75) is 0 Å². The van der Waals surface area contributed by atoms with Gasteiger partial charge in [0.15, 0.2) is 0 Å². The van der Waals surface area contributed by atoms with E-state index in [1.54, 1.807) is 0 Å². The predicted molar refractivity (Wildman–Crippen MR) is 185 cm³/mol. The van der Waals surface area contributed by atoms with Crippen molar-refractivity contribution in [3.63, 3.8) is 0 Å². The molecule has 9 rings (SSSR count). The van der Waals surface area contributed by atoms with E-state index in [-0.39, 0.29) is 0 Å². The molecule has 0 unspecified atom stereocenters. The van der Waals surface area contributed by atoms with Gasteiger partial charge in [0.25, 0.3) is 0 Å². The predicted octanol–water partition coefficient (Wildman–Crippen LogP) is 11.2. The SMILES string of the molecule is Brc1cc2c3ccc4ccccc4c3n(-c3nc(-c4ccccc4)cc(-c4ccccc4)n3)c2c2c1sc1ccccc12. The first-order chi connectivity index (χ1) is 21.2. The Hall–Kier alpha value is -4.84. The molecule has 3 heterocycles. The summed E-state index contributed by atoms with van der Waals surface area (Å²) in [7, 11) is 0. The minimum atomic E-state index is 0.662. The Morgan fingerprint density at radius 1 is 0.535 bits per heavy atom. The molecule has 0 N–H and O–H groups in total. The number of thiophene rings is 1. The summed E-state index contributed by atoms with van der Waals surface area (Å²) < 4.78 is 5.91. The van der Waals surface area contributed by atoms with Crippen LogP contribution in [-0.4, -0.2) is 14.5 Å². The lowest BCUT2D eigenvalue weighted by molar-refractivity contribution is 1.00. The number of halogens is 1. The van der Waals surface area contributed by atoms with Crippen molar-refractivity contribution in [1.29, 1.82) is 0 Å². The molecule has 0 aliphatic heterocycles. The molecular weight excluding hydrogens is 610 g/mol. The highest BCUT2D eigenvalue weighted by atomic mass is 79.9. The van der Waals surface area contributed by atoms with Crippen molar-refractivity contribution < 1.29 is 0 Å². The lowest BCUT2D eigenvalue weighted by atomic mass is 10.0. The van der Waals surface area contributed by atoms with Crippen molar-refractivity contribution in [1.82, 2.24) is 14.5 Å². The number of benzene rings is 6. The molecule has 202 valence electrons. The normalized spacial score (nSPS) is 11.8. The maximum atomic E-state index is 5.32. The quantitative estimate of drug-likeness (QED) is 0.194. The molecule has 9 aromatic rings. The molecule has 43 heavy (non-hydrogen) atoms. The van der Waals surface area contributed by atoms with Crippen molar-refractivity contribution >= 4 is 80.0 Å². The topological polar surface area (TPSA) is 30.7 Å². The van der Waals surface area contributed by atoms with Crippen LogP contribution in [0.25, 0.3) is 81.2 Å². The Morgan fingerprint density at radius 2 is 1.16 bits per heavy atom. The maximum Gasteiger partial charge on any atom is 0.235 e. The summed E-state index contributed by atoms with van der Waals surface area (Å²) in [5.41, 5.74) is 6.15. The van der Waals surface area contributed by atoms with Crippen molar-refractivity contribution in [3.8, 4) is 28.5 Å². The highest BCUT2D eigenvalue weighted by Crippen LogP contribution is 2.47. The van der Waals surface area contributed by atoms with Crippen LogP contribution in [0.15, 0.2) is 138 Å². The number of hydrogen-bond acceptors (Lipinski definition) is 3. The minimum Gasteiger partial charge on any atom is -0.277 e. The summed E-state index contributed by atoms with van der Waals surface area (Å²) in [4.78, 5) is 10.6. The fourth-order valence-electron chi connectivity index (χ4n) is 6.35. The fourth-order valence-corrected chi connectivity index (χ4v) is 8.14. The van der Waals surface area contributed by atoms with Gasteiger partial charge in [-0.2, -0.15) is 0 Å². The molecule has 0 amide bonds. The van der Waals surface area contributed by atoms with E-state index >= 15 is 0 Å². The van der Waals surface area contributed by atoms with E-state index in [1.165, 1.54) is 41.7 Å². The number of hydrogen-bond donors (Lipinski definition) is 0. The smallest absolute Gasteiger partial charge is 0.235 e. The van der Waals surface area contributed by atoms with Crippen molar-refractivity contribution in [2.24, 2.45) is 0 Å². The molecule has 0 fully saturated rings. The first kappa shape index (κ1) is 24.7. The fraction of sp³-hybridized carbons (Fsp3) is 0. The van der Waals surface area contributed by atoms with Crippen molar-refractivity contribution in [3.05, 3.63) is 138 Å². The Morgan fingerprint density at radius 3 is 1.88 bits per heavy atom. The Kier molecular flexibility index (Phi) is 5.52. The molecule has 3 aromatic heterocycles. The molecule has 6 aromatic carbocycles. The average Bonchev–Trinajstić information content (AvgIpc) is 3.62. The molecule has 0 atom stereocenters.